The number of carbonyl (C=O) groups is 2. The molecule has 0 bridgehead atoms. The zero-order valence-electron chi connectivity index (χ0n) is 10.3. The predicted molar refractivity (Wildman–Crippen MR) is 65.5 cm³/mol. The van der Waals surface area contributed by atoms with E-state index in [2.05, 4.69) is 17.5 Å². The van der Waals surface area contributed by atoms with Crippen molar-refractivity contribution in [3.05, 3.63) is 12.2 Å². The van der Waals surface area contributed by atoms with Gasteiger partial charge in [0.1, 0.15) is 0 Å². The minimum atomic E-state index is -0.771. The average molecular weight is 239 g/mol. The lowest BCUT2D eigenvalue weighted by Crippen LogP contribution is -2.26. The number of hydrogen-bond acceptors (Lipinski definition) is 2. The van der Waals surface area contributed by atoms with Gasteiger partial charge >= 0.3 is 5.97 Å². The molecule has 1 rings (SSSR count). The first-order valence-electron chi connectivity index (χ1n) is 6.25. The Morgan fingerprint density at radius 2 is 2.29 bits per heavy atom. The number of allylic oxidation sites excluding steroid dienone is 2. The molecule has 1 aliphatic carbocycles. The molecular formula is C13H21NO3. The Morgan fingerprint density at radius 1 is 1.53 bits per heavy atom. The van der Waals surface area contributed by atoms with Gasteiger partial charge in [-0.15, -0.1) is 0 Å². The molecule has 0 aromatic rings. The van der Waals surface area contributed by atoms with E-state index < -0.39 is 5.97 Å². The minimum Gasteiger partial charge on any atom is -0.481 e. The van der Waals surface area contributed by atoms with Crippen molar-refractivity contribution in [2.75, 3.05) is 6.54 Å². The molecule has 0 aromatic heterocycles. The third-order valence-electron chi connectivity index (χ3n) is 3.12. The second-order valence-electron chi connectivity index (χ2n) is 4.70. The Kier molecular flexibility index (Phi) is 5.73. The Hall–Kier alpha value is -1.32. The van der Waals surface area contributed by atoms with E-state index in [-0.39, 0.29) is 11.8 Å². The second-order valence-corrected chi connectivity index (χ2v) is 4.70. The molecule has 0 aromatic carbocycles. The Morgan fingerprint density at radius 3 is 2.88 bits per heavy atom. The summed E-state index contributed by atoms with van der Waals surface area (Å²) in [6.07, 6.45) is 8.26. The summed E-state index contributed by atoms with van der Waals surface area (Å²) >= 11 is 0. The summed E-state index contributed by atoms with van der Waals surface area (Å²) in [6, 6.07) is 0. The van der Waals surface area contributed by atoms with Crippen molar-refractivity contribution in [2.24, 2.45) is 11.8 Å². The van der Waals surface area contributed by atoms with E-state index in [1.807, 2.05) is 0 Å². The van der Waals surface area contributed by atoms with Crippen LogP contribution in [0.4, 0.5) is 0 Å². The fraction of sp³-hybridized carbons (Fsp3) is 0.692. The first-order chi connectivity index (χ1) is 8.09. The SMILES string of the molecule is CC(CCCNC(=O)CC1C=CCC1)C(=O)O. The standard InChI is InChI=1S/C13H21NO3/c1-10(13(16)17)5-4-8-14-12(15)9-11-6-2-3-7-11/h2,6,10-11H,3-5,7-9H2,1H3,(H,14,15)(H,16,17). The van der Waals surface area contributed by atoms with E-state index in [0.29, 0.717) is 25.3 Å². The van der Waals surface area contributed by atoms with Gasteiger partial charge in [-0.2, -0.15) is 0 Å². The van der Waals surface area contributed by atoms with Crippen LogP contribution in [0.25, 0.3) is 0 Å². The highest BCUT2D eigenvalue weighted by molar-refractivity contribution is 5.76. The molecule has 2 N–H and O–H groups in total. The summed E-state index contributed by atoms with van der Waals surface area (Å²) in [4.78, 5) is 22.1. The van der Waals surface area contributed by atoms with Crippen molar-refractivity contribution in [1.82, 2.24) is 5.32 Å². The number of aliphatic carboxylic acids is 1. The quantitative estimate of drug-likeness (QED) is 0.527. The van der Waals surface area contributed by atoms with Gasteiger partial charge in [0.2, 0.25) is 5.91 Å². The largest absolute Gasteiger partial charge is 0.481 e. The number of nitrogens with one attached hydrogen (secondary N) is 1. The molecule has 4 nitrogen and oxygen atoms in total. The molecule has 1 aliphatic rings. The molecule has 0 radical (unpaired) electrons. The van der Waals surface area contributed by atoms with Gasteiger partial charge in [0.05, 0.1) is 5.92 Å². The zero-order valence-corrected chi connectivity index (χ0v) is 10.3. The minimum absolute atomic E-state index is 0.0736. The molecule has 2 unspecified atom stereocenters. The van der Waals surface area contributed by atoms with Crippen LogP contribution >= 0.6 is 0 Å². The number of hydrogen-bond donors (Lipinski definition) is 2. The summed E-state index contributed by atoms with van der Waals surface area (Å²) in [7, 11) is 0. The van der Waals surface area contributed by atoms with E-state index in [1.165, 1.54) is 0 Å². The molecule has 17 heavy (non-hydrogen) atoms. The Labute approximate surface area is 102 Å². The number of amides is 1. The van der Waals surface area contributed by atoms with Gasteiger partial charge in [-0.1, -0.05) is 19.1 Å². The van der Waals surface area contributed by atoms with Crippen molar-refractivity contribution >= 4 is 11.9 Å². The normalized spacial score (nSPS) is 20.2. The second kappa shape index (κ2) is 7.09. The topological polar surface area (TPSA) is 66.4 Å². The fourth-order valence-corrected chi connectivity index (χ4v) is 1.94. The van der Waals surface area contributed by atoms with E-state index in [4.69, 9.17) is 5.11 Å². The fourth-order valence-electron chi connectivity index (χ4n) is 1.94. The third-order valence-corrected chi connectivity index (χ3v) is 3.12. The highest BCUT2D eigenvalue weighted by Gasteiger charge is 2.14. The number of carboxylic acid groups (broad SMARTS) is 1. The third kappa shape index (κ3) is 5.52. The smallest absolute Gasteiger partial charge is 0.306 e. The van der Waals surface area contributed by atoms with Gasteiger partial charge in [0.25, 0.3) is 0 Å². The Bertz CT molecular complexity index is 299. The van der Waals surface area contributed by atoms with Crippen LogP contribution in [0.15, 0.2) is 12.2 Å². The summed E-state index contributed by atoms with van der Waals surface area (Å²) < 4.78 is 0. The molecule has 4 heteroatoms. The maximum atomic E-state index is 11.5. The first kappa shape index (κ1) is 13.7. The van der Waals surface area contributed by atoms with E-state index in [0.717, 1.165) is 19.3 Å². The van der Waals surface area contributed by atoms with Gasteiger partial charge in [0, 0.05) is 13.0 Å². The summed E-state index contributed by atoms with van der Waals surface area (Å²) in [5, 5.41) is 11.5. The monoisotopic (exact) mass is 239 g/mol. The molecule has 0 saturated carbocycles. The van der Waals surface area contributed by atoms with Gasteiger partial charge in [-0.3, -0.25) is 9.59 Å². The molecule has 2 atom stereocenters. The van der Waals surface area contributed by atoms with Crippen LogP contribution in [0.2, 0.25) is 0 Å². The Balaban J connectivity index is 2.04. The number of carboxylic acids is 1. The average Bonchev–Trinajstić information content (AvgIpc) is 2.76. The van der Waals surface area contributed by atoms with Crippen molar-refractivity contribution < 1.29 is 14.7 Å². The van der Waals surface area contributed by atoms with Crippen LogP contribution in [0.5, 0.6) is 0 Å². The van der Waals surface area contributed by atoms with Crippen LogP contribution in [-0.2, 0) is 9.59 Å². The molecule has 0 fully saturated rings. The van der Waals surface area contributed by atoms with Crippen molar-refractivity contribution in [2.45, 2.75) is 39.0 Å². The van der Waals surface area contributed by atoms with Crippen LogP contribution in [0.1, 0.15) is 39.0 Å². The number of rotatable bonds is 7. The molecule has 1 amide bonds. The van der Waals surface area contributed by atoms with Crippen molar-refractivity contribution in [3.63, 3.8) is 0 Å². The maximum absolute atomic E-state index is 11.5. The van der Waals surface area contributed by atoms with Crippen LogP contribution < -0.4 is 5.32 Å². The van der Waals surface area contributed by atoms with Crippen molar-refractivity contribution in [3.8, 4) is 0 Å². The van der Waals surface area contributed by atoms with Gasteiger partial charge in [0.15, 0.2) is 0 Å². The highest BCUT2D eigenvalue weighted by Crippen LogP contribution is 2.19. The molecule has 0 heterocycles. The van der Waals surface area contributed by atoms with E-state index in [9.17, 15) is 9.59 Å². The lowest BCUT2D eigenvalue weighted by atomic mass is 10.0. The summed E-state index contributed by atoms with van der Waals surface area (Å²) in [6.45, 7) is 2.26. The van der Waals surface area contributed by atoms with Gasteiger partial charge in [-0.25, -0.2) is 0 Å². The molecule has 96 valence electrons. The zero-order chi connectivity index (χ0) is 12.7. The van der Waals surface area contributed by atoms with E-state index in [1.54, 1.807) is 6.92 Å². The summed E-state index contributed by atoms with van der Waals surface area (Å²) in [5.74, 6) is -0.630. The highest BCUT2D eigenvalue weighted by atomic mass is 16.4. The van der Waals surface area contributed by atoms with Crippen LogP contribution in [-0.4, -0.2) is 23.5 Å². The maximum Gasteiger partial charge on any atom is 0.306 e. The van der Waals surface area contributed by atoms with Crippen LogP contribution in [0.3, 0.4) is 0 Å². The van der Waals surface area contributed by atoms with Gasteiger partial charge < -0.3 is 10.4 Å². The first-order valence-corrected chi connectivity index (χ1v) is 6.25. The van der Waals surface area contributed by atoms with Gasteiger partial charge in [-0.05, 0) is 31.6 Å². The summed E-state index contributed by atoms with van der Waals surface area (Å²) in [5.41, 5.74) is 0. The molecule has 0 saturated heterocycles. The predicted octanol–water partition coefficient (Wildman–Crippen LogP) is 1.96. The molecule has 0 spiro atoms. The van der Waals surface area contributed by atoms with Crippen LogP contribution in [0, 0.1) is 11.8 Å². The molecule has 0 aliphatic heterocycles. The lowest BCUT2D eigenvalue weighted by molar-refractivity contribution is -0.141. The lowest BCUT2D eigenvalue weighted by Gasteiger charge is -2.09. The molecular weight excluding hydrogens is 218 g/mol. The van der Waals surface area contributed by atoms with Crippen molar-refractivity contribution in [1.29, 1.82) is 0 Å². The number of carbonyl (C=O) groups excluding carboxylic acids is 1. The van der Waals surface area contributed by atoms with E-state index >= 15 is 0 Å².